The summed E-state index contributed by atoms with van der Waals surface area (Å²) in [6.45, 7) is 0.242. The maximum Gasteiger partial charge on any atom is 0.254 e. The minimum Gasteiger partial charge on any atom is -0.391 e. The predicted molar refractivity (Wildman–Crippen MR) is 91.0 cm³/mol. The lowest BCUT2D eigenvalue weighted by atomic mass is 9.99. The zero-order chi connectivity index (χ0) is 16.4. The van der Waals surface area contributed by atoms with E-state index in [-0.39, 0.29) is 12.5 Å². The van der Waals surface area contributed by atoms with E-state index >= 15 is 0 Å². The van der Waals surface area contributed by atoms with E-state index in [9.17, 15) is 15.0 Å². The lowest BCUT2D eigenvalue weighted by Gasteiger charge is -2.28. The molecule has 1 amide bonds. The number of aliphatic hydroxyl groups is 2. The van der Waals surface area contributed by atoms with E-state index in [4.69, 9.17) is 0 Å². The molecular formula is C18H18BrNO3. The zero-order valence-corrected chi connectivity index (χ0v) is 14.1. The van der Waals surface area contributed by atoms with Gasteiger partial charge in [0.05, 0.1) is 18.2 Å². The molecule has 3 atom stereocenters. The van der Waals surface area contributed by atoms with Gasteiger partial charge in [-0.05, 0) is 36.2 Å². The Hall–Kier alpha value is -1.69. The SMILES string of the molecule is O=C(c1ccccc1)N1C[C@@H](O)C[C@H]1C(O)c1ccc(Br)cc1. The molecule has 1 fully saturated rings. The zero-order valence-electron chi connectivity index (χ0n) is 12.5. The highest BCUT2D eigenvalue weighted by Gasteiger charge is 2.39. The summed E-state index contributed by atoms with van der Waals surface area (Å²) in [5.41, 5.74) is 1.30. The van der Waals surface area contributed by atoms with Crippen molar-refractivity contribution in [2.45, 2.75) is 24.7 Å². The summed E-state index contributed by atoms with van der Waals surface area (Å²) in [5, 5.41) is 20.7. The number of halogens is 1. The molecule has 1 saturated heterocycles. The third kappa shape index (κ3) is 3.47. The molecule has 0 aromatic heterocycles. The summed E-state index contributed by atoms with van der Waals surface area (Å²) in [6.07, 6.45) is -1.07. The maximum atomic E-state index is 12.7. The largest absolute Gasteiger partial charge is 0.391 e. The van der Waals surface area contributed by atoms with Crippen LogP contribution in [0.5, 0.6) is 0 Å². The van der Waals surface area contributed by atoms with Crippen molar-refractivity contribution in [3.05, 3.63) is 70.2 Å². The Balaban J connectivity index is 1.84. The van der Waals surface area contributed by atoms with Crippen molar-refractivity contribution in [3.63, 3.8) is 0 Å². The third-order valence-corrected chi connectivity index (χ3v) is 4.71. The Labute approximate surface area is 143 Å². The average molecular weight is 376 g/mol. The number of carbonyl (C=O) groups excluding carboxylic acids is 1. The van der Waals surface area contributed by atoms with E-state index in [0.29, 0.717) is 12.0 Å². The van der Waals surface area contributed by atoms with E-state index in [1.54, 1.807) is 29.2 Å². The van der Waals surface area contributed by atoms with E-state index in [1.807, 2.05) is 30.3 Å². The van der Waals surface area contributed by atoms with E-state index in [0.717, 1.165) is 10.0 Å². The van der Waals surface area contributed by atoms with Gasteiger partial charge < -0.3 is 15.1 Å². The fourth-order valence-corrected chi connectivity index (χ4v) is 3.27. The first-order valence-electron chi connectivity index (χ1n) is 7.54. The number of β-amino-alcohol motifs (C(OH)–C–C–N with tert-alkyl or cyclic N) is 1. The minimum absolute atomic E-state index is 0.164. The van der Waals surface area contributed by atoms with E-state index < -0.39 is 18.2 Å². The van der Waals surface area contributed by atoms with Gasteiger partial charge in [0.2, 0.25) is 0 Å². The quantitative estimate of drug-likeness (QED) is 0.866. The summed E-state index contributed by atoms with van der Waals surface area (Å²) >= 11 is 3.37. The lowest BCUT2D eigenvalue weighted by Crippen LogP contribution is -2.39. The Kier molecular flexibility index (Phi) is 4.80. The highest BCUT2D eigenvalue weighted by atomic mass is 79.9. The number of rotatable bonds is 3. The van der Waals surface area contributed by atoms with Gasteiger partial charge in [-0.2, -0.15) is 0 Å². The molecular weight excluding hydrogens is 358 g/mol. The van der Waals surface area contributed by atoms with Gasteiger partial charge in [-0.15, -0.1) is 0 Å². The lowest BCUT2D eigenvalue weighted by molar-refractivity contribution is 0.0485. The fraction of sp³-hybridized carbons (Fsp3) is 0.278. The smallest absolute Gasteiger partial charge is 0.254 e. The average Bonchev–Trinajstić information content (AvgIpc) is 2.97. The molecule has 0 bridgehead atoms. The van der Waals surface area contributed by atoms with Crippen LogP contribution in [0.25, 0.3) is 0 Å². The Morgan fingerprint density at radius 1 is 1.13 bits per heavy atom. The summed E-state index contributed by atoms with van der Waals surface area (Å²) in [4.78, 5) is 14.3. The molecule has 2 aromatic rings. The molecule has 1 aliphatic heterocycles. The standard InChI is InChI=1S/C18H18BrNO3/c19-14-8-6-12(7-9-14)17(22)16-10-15(21)11-20(16)18(23)13-4-2-1-3-5-13/h1-9,15-17,21-22H,10-11H2/t15-,16-,17?/m0/s1. The van der Waals surface area contributed by atoms with Crippen LogP contribution in [0.15, 0.2) is 59.1 Å². The van der Waals surface area contributed by atoms with Gasteiger partial charge in [-0.25, -0.2) is 0 Å². The molecule has 120 valence electrons. The van der Waals surface area contributed by atoms with Crippen LogP contribution in [-0.2, 0) is 0 Å². The molecule has 0 saturated carbocycles. The second-order valence-corrected chi connectivity index (χ2v) is 6.69. The summed E-state index contributed by atoms with van der Waals surface area (Å²) in [6, 6.07) is 15.9. The highest BCUT2D eigenvalue weighted by Crippen LogP contribution is 2.31. The van der Waals surface area contributed by atoms with Crippen molar-refractivity contribution in [2.75, 3.05) is 6.54 Å². The van der Waals surface area contributed by atoms with E-state index in [2.05, 4.69) is 15.9 Å². The van der Waals surface area contributed by atoms with Crippen LogP contribution in [0, 0.1) is 0 Å². The topological polar surface area (TPSA) is 60.8 Å². The number of carbonyl (C=O) groups is 1. The van der Waals surface area contributed by atoms with Gasteiger partial charge in [0, 0.05) is 16.6 Å². The molecule has 2 aromatic carbocycles. The molecule has 4 nitrogen and oxygen atoms in total. The molecule has 1 unspecified atom stereocenters. The first kappa shape index (κ1) is 16.2. The van der Waals surface area contributed by atoms with Gasteiger partial charge in [-0.3, -0.25) is 4.79 Å². The molecule has 0 spiro atoms. The van der Waals surface area contributed by atoms with Crippen LogP contribution in [0.4, 0.5) is 0 Å². The van der Waals surface area contributed by atoms with Gasteiger partial charge in [0.15, 0.2) is 0 Å². The number of benzene rings is 2. The second kappa shape index (κ2) is 6.83. The molecule has 5 heteroatoms. The van der Waals surface area contributed by atoms with Crippen molar-refractivity contribution in [1.29, 1.82) is 0 Å². The van der Waals surface area contributed by atoms with Crippen LogP contribution >= 0.6 is 15.9 Å². The van der Waals surface area contributed by atoms with Gasteiger partial charge in [0.25, 0.3) is 5.91 Å². The molecule has 23 heavy (non-hydrogen) atoms. The van der Waals surface area contributed by atoms with Gasteiger partial charge in [0.1, 0.15) is 0 Å². The van der Waals surface area contributed by atoms with Crippen LogP contribution in [0.2, 0.25) is 0 Å². The minimum atomic E-state index is -0.826. The molecule has 3 rings (SSSR count). The molecule has 0 aliphatic carbocycles. The van der Waals surface area contributed by atoms with Crippen molar-refractivity contribution < 1.29 is 15.0 Å². The van der Waals surface area contributed by atoms with Gasteiger partial charge >= 0.3 is 0 Å². The van der Waals surface area contributed by atoms with Crippen LogP contribution < -0.4 is 0 Å². The van der Waals surface area contributed by atoms with E-state index in [1.165, 1.54) is 0 Å². The number of hydrogen-bond acceptors (Lipinski definition) is 3. The summed E-state index contributed by atoms with van der Waals surface area (Å²) in [7, 11) is 0. The molecule has 1 heterocycles. The molecule has 0 radical (unpaired) electrons. The van der Waals surface area contributed by atoms with Crippen molar-refractivity contribution >= 4 is 21.8 Å². The third-order valence-electron chi connectivity index (χ3n) is 4.18. The Bertz CT molecular complexity index is 674. The number of nitrogens with zero attached hydrogens (tertiary/aromatic N) is 1. The van der Waals surface area contributed by atoms with Crippen molar-refractivity contribution in [2.24, 2.45) is 0 Å². The summed E-state index contributed by atoms with van der Waals surface area (Å²) in [5.74, 6) is -0.164. The number of hydrogen-bond donors (Lipinski definition) is 2. The van der Waals surface area contributed by atoms with Crippen LogP contribution in [0.1, 0.15) is 28.4 Å². The molecule has 2 N–H and O–H groups in total. The highest BCUT2D eigenvalue weighted by molar-refractivity contribution is 9.10. The normalized spacial score (nSPS) is 22.1. The fourth-order valence-electron chi connectivity index (χ4n) is 3.00. The van der Waals surface area contributed by atoms with Crippen LogP contribution in [-0.4, -0.2) is 39.7 Å². The first-order valence-corrected chi connectivity index (χ1v) is 8.33. The monoisotopic (exact) mass is 375 g/mol. The number of likely N-dealkylation sites (tertiary alicyclic amines) is 1. The van der Waals surface area contributed by atoms with Gasteiger partial charge in [-0.1, -0.05) is 46.3 Å². The van der Waals surface area contributed by atoms with Crippen molar-refractivity contribution in [3.8, 4) is 0 Å². The number of aliphatic hydroxyl groups excluding tert-OH is 2. The van der Waals surface area contributed by atoms with Crippen LogP contribution in [0.3, 0.4) is 0 Å². The Morgan fingerprint density at radius 3 is 2.43 bits per heavy atom. The van der Waals surface area contributed by atoms with Crippen molar-refractivity contribution in [1.82, 2.24) is 4.90 Å². The summed E-state index contributed by atoms with van der Waals surface area (Å²) < 4.78 is 0.928. The maximum absolute atomic E-state index is 12.7. The second-order valence-electron chi connectivity index (χ2n) is 5.78. The number of amides is 1. The molecule has 1 aliphatic rings. The first-order chi connectivity index (χ1) is 11.1. The Morgan fingerprint density at radius 2 is 1.78 bits per heavy atom. The predicted octanol–water partition coefficient (Wildman–Crippen LogP) is 2.76.